The fraction of sp³-hybridized carbons (Fsp3) is 0.273. The van der Waals surface area contributed by atoms with Crippen LogP contribution in [0.25, 0.3) is 5.57 Å². The van der Waals surface area contributed by atoms with Crippen molar-refractivity contribution >= 4 is 11.5 Å². The van der Waals surface area contributed by atoms with Gasteiger partial charge in [-0.25, -0.2) is 4.79 Å². The number of benzene rings is 1. The number of carbonyl (C=O) groups excluding carboxylic acids is 1. The molecule has 1 nitrogen and oxygen atoms in total. The number of aryl methyl sites for hydroxylation is 1. The van der Waals surface area contributed by atoms with Crippen LogP contribution in [0.4, 0.5) is 0 Å². The zero-order valence-corrected chi connectivity index (χ0v) is 7.42. The summed E-state index contributed by atoms with van der Waals surface area (Å²) in [7, 11) is 0. The van der Waals surface area contributed by atoms with Crippen molar-refractivity contribution in [2.75, 3.05) is 0 Å². The van der Waals surface area contributed by atoms with Crippen LogP contribution in [0.5, 0.6) is 0 Å². The van der Waals surface area contributed by atoms with E-state index in [1.165, 1.54) is 5.56 Å². The summed E-state index contributed by atoms with van der Waals surface area (Å²) >= 11 is 0. The van der Waals surface area contributed by atoms with E-state index in [9.17, 15) is 4.79 Å². The first-order valence-electron chi connectivity index (χ1n) is 4.09. The fourth-order valence-electron chi connectivity index (χ4n) is 1.09. The molecule has 12 heavy (non-hydrogen) atoms. The zero-order chi connectivity index (χ0) is 8.97. The first-order valence-corrected chi connectivity index (χ1v) is 4.09. The van der Waals surface area contributed by atoms with Crippen molar-refractivity contribution in [3.63, 3.8) is 0 Å². The highest BCUT2D eigenvalue weighted by Crippen LogP contribution is 2.14. The van der Waals surface area contributed by atoms with Crippen LogP contribution in [0, 0.1) is 6.92 Å². The minimum absolute atomic E-state index is 0.743. The second-order valence-electron chi connectivity index (χ2n) is 2.80. The van der Waals surface area contributed by atoms with Crippen molar-refractivity contribution in [3.8, 4) is 0 Å². The maximum atomic E-state index is 10.5. The van der Waals surface area contributed by atoms with Gasteiger partial charge in [-0.1, -0.05) is 36.8 Å². The molecule has 62 valence electrons. The molecule has 0 atom stereocenters. The van der Waals surface area contributed by atoms with Crippen molar-refractivity contribution in [3.05, 3.63) is 35.4 Å². The molecule has 0 unspecified atom stereocenters. The molecule has 0 bridgehead atoms. The van der Waals surface area contributed by atoms with Crippen molar-refractivity contribution in [2.45, 2.75) is 20.3 Å². The zero-order valence-electron chi connectivity index (χ0n) is 7.42. The molecule has 0 fully saturated rings. The van der Waals surface area contributed by atoms with Crippen LogP contribution in [0.3, 0.4) is 0 Å². The monoisotopic (exact) mass is 160 g/mol. The molecule has 0 aliphatic heterocycles. The smallest absolute Gasteiger partial charge is 0.128 e. The highest BCUT2D eigenvalue weighted by Gasteiger charge is 1.97. The Balaban J connectivity index is 3.04. The van der Waals surface area contributed by atoms with E-state index in [-0.39, 0.29) is 0 Å². The molecule has 1 aromatic carbocycles. The van der Waals surface area contributed by atoms with E-state index in [1.54, 1.807) is 0 Å². The molecule has 1 aromatic rings. The fourth-order valence-corrected chi connectivity index (χ4v) is 1.09. The Labute approximate surface area is 72.7 Å². The summed E-state index contributed by atoms with van der Waals surface area (Å²) in [6.07, 6.45) is 0.743. The van der Waals surface area contributed by atoms with E-state index in [0.29, 0.717) is 0 Å². The second-order valence-corrected chi connectivity index (χ2v) is 2.80. The van der Waals surface area contributed by atoms with Gasteiger partial charge in [0, 0.05) is 5.57 Å². The topological polar surface area (TPSA) is 17.1 Å². The molecular weight excluding hydrogens is 148 g/mol. The largest absolute Gasteiger partial charge is 0.233 e. The second kappa shape index (κ2) is 3.89. The van der Waals surface area contributed by atoms with Gasteiger partial charge in [0.25, 0.3) is 0 Å². The van der Waals surface area contributed by atoms with Crippen LogP contribution in [0.1, 0.15) is 24.5 Å². The Morgan fingerprint density at radius 3 is 2.33 bits per heavy atom. The summed E-state index contributed by atoms with van der Waals surface area (Å²) in [6.45, 7) is 3.99. The van der Waals surface area contributed by atoms with Gasteiger partial charge in [-0.05, 0) is 18.9 Å². The van der Waals surface area contributed by atoms with Crippen molar-refractivity contribution < 1.29 is 4.79 Å². The third-order valence-corrected chi connectivity index (χ3v) is 1.88. The quantitative estimate of drug-likeness (QED) is 0.608. The molecule has 0 saturated heterocycles. The van der Waals surface area contributed by atoms with Gasteiger partial charge >= 0.3 is 0 Å². The molecule has 1 heteroatoms. The summed E-state index contributed by atoms with van der Waals surface area (Å²) in [5.41, 5.74) is 2.94. The van der Waals surface area contributed by atoms with Gasteiger partial charge < -0.3 is 0 Å². The first kappa shape index (κ1) is 8.76. The lowest BCUT2D eigenvalue weighted by atomic mass is 10.0. The molecule has 0 spiro atoms. The third-order valence-electron chi connectivity index (χ3n) is 1.88. The van der Waals surface area contributed by atoms with E-state index in [1.807, 2.05) is 44.1 Å². The lowest BCUT2D eigenvalue weighted by Crippen LogP contribution is -1.83. The molecule has 0 radical (unpaired) electrons. The number of hydrogen-bond acceptors (Lipinski definition) is 1. The van der Waals surface area contributed by atoms with Crippen LogP contribution >= 0.6 is 0 Å². The van der Waals surface area contributed by atoms with Gasteiger partial charge in [-0.3, -0.25) is 0 Å². The predicted octanol–water partition coefficient (Wildman–Crippen LogP) is 2.62. The molecular formula is C11H12O. The van der Waals surface area contributed by atoms with E-state index in [2.05, 4.69) is 0 Å². The summed E-state index contributed by atoms with van der Waals surface area (Å²) in [4.78, 5) is 10.5. The summed E-state index contributed by atoms with van der Waals surface area (Å²) < 4.78 is 0. The van der Waals surface area contributed by atoms with Gasteiger partial charge in [-0.15, -0.1) is 0 Å². The molecule has 0 aromatic heterocycles. The lowest BCUT2D eigenvalue weighted by molar-refractivity contribution is 0.569. The normalized spacial score (nSPS) is 9.17. The van der Waals surface area contributed by atoms with Crippen molar-refractivity contribution in [2.24, 2.45) is 0 Å². The van der Waals surface area contributed by atoms with Gasteiger partial charge in [0.15, 0.2) is 0 Å². The van der Waals surface area contributed by atoms with Crippen LogP contribution in [0.2, 0.25) is 0 Å². The van der Waals surface area contributed by atoms with Crippen molar-refractivity contribution in [1.29, 1.82) is 0 Å². The Hall–Kier alpha value is -1.33. The number of rotatable bonds is 2. The van der Waals surface area contributed by atoms with Crippen molar-refractivity contribution in [1.82, 2.24) is 0 Å². The predicted molar refractivity (Wildman–Crippen MR) is 50.6 cm³/mol. The van der Waals surface area contributed by atoms with Crippen LogP contribution in [-0.2, 0) is 4.79 Å². The van der Waals surface area contributed by atoms with Crippen LogP contribution in [-0.4, -0.2) is 5.94 Å². The Kier molecular flexibility index (Phi) is 2.84. The molecule has 0 amide bonds. The summed E-state index contributed by atoms with van der Waals surface area (Å²) in [5, 5.41) is 0. The van der Waals surface area contributed by atoms with E-state index < -0.39 is 0 Å². The van der Waals surface area contributed by atoms with Gasteiger partial charge in [0.2, 0.25) is 0 Å². The highest BCUT2D eigenvalue weighted by molar-refractivity contribution is 5.87. The Bertz CT molecular complexity index is 302. The third kappa shape index (κ3) is 1.84. The van der Waals surface area contributed by atoms with E-state index >= 15 is 0 Å². The van der Waals surface area contributed by atoms with E-state index in [0.717, 1.165) is 17.6 Å². The first-order chi connectivity index (χ1) is 5.77. The van der Waals surface area contributed by atoms with Gasteiger partial charge in [0.1, 0.15) is 5.94 Å². The van der Waals surface area contributed by atoms with Crippen LogP contribution in [0.15, 0.2) is 24.3 Å². The Morgan fingerprint density at radius 2 is 1.92 bits per heavy atom. The highest BCUT2D eigenvalue weighted by atomic mass is 16.1. The molecule has 0 aliphatic carbocycles. The molecule has 1 rings (SSSR count). The summed E-state index contributed by atoms with van der Waals surface area (Å²) in [5.74, 6) is 1.95. The minimum atomic E-state index is 0.743. The Morgan fingerprint density at radius 1 is 1.33 bits per heavy atom. The van der Waals surface area contributed by atoms with Gasteiger partial charge in [-0.2, -0.15) is 0 Å². The molecule has 0 saturated carbocycles. The summed E-state index contributed by atoms with van der Waals surface area (Å²) in [6, 6.07) is 7.92. The molecule has 0 aliphatic rings. The standard InChI is InChI=1S/C11H12O/c1-3-10(8-12)11-6-4-9(2)5-7-11/h4-7H,3H2,1-2H3. The van der Waals surface area contributed by atoms with Gasteiger partial charge in [0.05, 0.1) is 0 Å². The number of hydrogen-bond donors (Lipinski definition) is 0. The SMILES string of the molecule is CCC(=C=O)c1ccc(C)cc1. The minimum Gasteiger partial charge on any atom is -0.233 e. The number of allylic oxidation sites excluding steroid dienone is 1. The van der Waals surface area contributed by atoms with E-state index in [4.69, 9.17) is 0 Å². The average molecular weight is 160 g/mol. The van der Waals surface area contributed by atoms with Crippen LogP contribution < -0.4 is 0 Å². The maximum absolute atomic E-state index is 10.5. The molecule has 0 N–H and O–H groups in total. The maximum Gasteiger partial charge on any atom is 0.128 e. The average Bonchev–Trinajstić information content (AvgIpc) is 2.10. The molecule has 0 heterocycles. The lowest BCUT2D eigenvalue weighted by Gasteiger charge is -1.99.